The number of nitrogens with zero attached hydrogens (tertiary/aromatic N) is 5. The number of hydrogen-bond acceptors (Lipinski definition) is 9. The number of hydrogen-bond donors (Lipinski definition) is 4. The van der Waals surface area contributed by atoms with Crippen molar-refractivity contribution < 1.29 is 14.6 Å². The smallest absolute Gasteiger partial charge is 0.231 e. The fourth-order valence-corrected chi connectivity index (χ4v) is 6.47. The second-order valence-electron chi connectivity index (χ2n) is 11.3. The summed E-state index contributed by atoms with van der Waals surface area (Å²) in [6, 6.07) is 6.49. The summed E-state index contributed by atoms with van der Waals surface area (Å²) in [4.78, 5) is 34.3. The van der Waals surface area contributed by atoms with E-state index in [1.165, 1.54) is 19.3 Å². The van der Waals surface area contributed by atoms with Gasteiger partial charge in [-0.25, -0.2) is 4.98 Å². The number of carbonyl (C=O) groups excluding carboxylic acids is 1. The number of amides is 1. The summed E-state index contributed by atoms with van der Waals surface area (Å²) >= 11 is 0. The van der Waals surface area contributed by atoms with Crippen molar-refractivity contribution >= 4 is 40.2 Å². The zero-order valence-corrected chi connectivity index (χ0v) is 23.2. The highest BCUT2D eigenvalue weighted by molar-refractivity contribution is 5.84. The molecule has 3 aliphatic rings. The molecule has 214 valence electrons. The number of benzene rings is 1. The summed E-state index contributed by atoms with van der Waals surface area (Å²) in [5.74, 6) is 2.16. The lowest BCUT2D eigenvalue weighted by Crippen LogP contribution is -2.45. The van der Waals surface area contributed by atoms with Gasteiger partial charge in [0.05, 0.1) is 31.8 Å². The molecule has 6 rings (SSSR count). The molecule has 0 bridgehead atoms. The molecule has 0 unspecified atom stereocenters. The molecule has 1 saturated carbocycles. The Kier molecular flexibility index (Phi) is 7.90. The van der Waals surface area contributed by atoms with Gasteiger partial charge in [0.2, 0.25) is 11.9 Å². The van der Waals surface area contributed by atoms with Gasteiger partial charge >= 0.3 is 0 Å². The fraction of sp³-hybridized carbons (Fsp3) is 0.586. The average Bonchev–Trinajstić information content (AvgIpc) is 3.68. The Hall–Kier alpha value is -3.60. The Morgan fingerprint density at radius 2 is 1.90 bits per heavy atom. The summed E-state index contributed by atoms with van der Waals surface area (Å²) in [6.07, 6.45) is 11.2. The van der Waals surface area contributed by atoms with Crippen molar-refractivity contribution in [2.75, 3.05) is 48.9 Å². The molecule has 0 spiro atoms. The second kappa shape index (κ2) is 11.9. The number of aromatic amines is 1. The number of methoxy groups -OCH3 is 1. The lowest BCUT2D eigenvalue weighted by atomic mass is 9.94. The van der Waals surface area contributed by atoms with Gasteiger partial charge in [-0.05, 0) is 50.7 Å². The van der Waals surface area contributed by atoms with Crippen LogP contribution in [0.25, 0.3) is 11.2 Å². The molecule has 2 aromatic heterocycles. The first-order valence-corrected chi connectivity index (χ1v) is 14.7. The van der Waals surface area contributed by atoms with E-state index in [1.54, 1.807) is 13.4 Å². The summed E-state index contributed by atoms with van der Waals surface area (Å²) in [7, 11) is 1.66. The molecule has 1 aromatic carbocycles. The molecule has 2 saturated heterocycles. The standard InChI is InChI=1S/C29H40N8O3/c1-40-24-16-21(36-14-11-19(12-15-36)28(39)37-13-5-8-22(37)17-38)9-10-23(24)33-29-34-26-25(30-18-31-26)27(35-29)32-20-6-3-2-4-7-20/h9-10,16,18-20,22,38H,2-8,11-15,17H2,1H3,(H3,30,31,32,33,34,35)/t22-/m0/s1. The summed E-state index contributed by atoms with van der Waals surface area (Å²) in [6.45, 7) is 2.44. The van der Waals surface area contributed by atoms with Crippen molar-refractivity contribution in [3.63, 3.8) is 0 Å². The van der Waals surface area contributed by atoms with Crippen LogP contribution in [0.4, 0.5) is 23.1 Å². The first-order chi connectivity index (χ1) is 19.6. The maximum absolute atomic E-state index is 13.1. The molecule has 3 fully saturated rings. The molecule has 1 aliphatic carbocycles. The molecule has 11 heteroatoms. The van der Waals surface area contributed by atoms with E-state index in [1.807, 2.05) is 17.0 Å². The highest BCUT2D eigenvalue weighted by Crippen LogP contribution is 2.35. The van der Waals surface area contributed by atoms with E-state index in [0.29, 0.717) is 23.4 Å². The number of ether oxygens (including phenoxy) is 1. The SMILES string of the molecule is COc1cc(N2CCC(C(=O)N3CCC[C@H]3CO)CC2)ccc1Nc1nc(NC2CCCCC2)c2[nH]cnc2n1. The number of H-pyrrole nitrogens is 1. The number of rotatable bonds is 8. The Morgan fingerprint density at radius 1 is 1.07 bits per heavy atom. The monoisotopic (exact) mass is 548 g/mol. The van der Waals surface area contributed by atoms with Gasteiger partial charge in [-0.3, -0.25) is 4.79 Å². The van der Waals surface area contributed by atoms with Gasteiger partial charge in [-0.15, -0.1) is 0 Å². The number of likely N-dealkylation sites (tertiary alicyclic amines) is 1. The number of aliphatic hydroxyl groups excluding tert-OH is 1. The first kappa shape index (κ1) is 26.6. The quantitative estimate of drug-likeness (QED) is 0.329. The third-order valence-corrected chi connectivity index (χ3v) is 8.74. The average molecular weight is 549 g/mol. The summed E-state index contributed by atoms with van der Waals surface area (Å²) in [5.41, 5.74) is 3.27. The molecule has 2 aliphatic heterocycles. The lowest BCUT2D eigenvalue weighted by molar-refractivity contribution is -0.137. The number of fused-ring (bicyclic) bond motifs is 1. The molecule has 0 radical (unpaired) electrons. The Bertz CT molecular complexity index is 1320. The molecule has 1 atom stereocenters. The highest BCUT2D eigenvalue weighted by Gasteiger charge is 2.34. The van der Waals surface area contributed by atoms with Crippen LogP contribution in [0.3, 0.4) is 0 Å². The van der Waals surface area contributed by atoms with Crippen molar-refractivity contribution in [3.05, 3.63) is 24.5 Å². The van der Waals surface area contributed by atoms with Crippen LogP contribution in [0.1, 0.15) is 57.8 Å². The maximum atomic E-state index is 13.1. The van der Waals surface area contributed by atoms with Crippen LogP contribution >= 0.6 is 0 Å². The van der Waals surface area contributed by atoms with E-state index >= 15 is 0 Å². The number of nitrogens with one attached hydrogen (secondary N) is 3. The van der Waals surface area contributed by atoms with Crippen molar-refractivity contribution in [2.24, 2.45) is 5.92 Å². The summed E-state index contributed by atoms with van der Waals surface area (Å²) in [5, 5.41) is 16.6. The van der Waals surface area contributed by atoms with E-state index in [2.05, 4.69) is 36.6 Å². The molecule has 11 nitrogen and oxygen atoms in total. The fourth-order valence-electron chi connectivity index (χ4n) is 6.47. The minimum Gasteiger partial charge on any atom is -0.494 e. The predicted molar refractivity (Wildman–Crippen MR) is 155 cm³/mol. The zero-order valence-electron chi connectivity index (χ0n) is 23.2. The topological polar surface area (TPSA) is 132 Å². The highest BCUT2D eigenvalue weighted by atomic mass is 16.5. The van der Waals surface area contributed by atoms with E-state index in [0.717, 1.165) is 80.9 Å². The summed E-state index contributed by atoms with van der Waals surface area (Å²) < 4.78 is 5.76. The van der Waals surface area contributed by atoms with Crippen molar-refractivity contribution in [3.8, 4) is 5.75 Å². The minimum absolute atomic E-state index is 0.00771. The first-order valence-electron chi connectivity index (χ1n) is 14.7. The van der Waals surface area contributed by atoms with Gasteiger partial charge in [0.25, 0.3) is 0 Å². The van der Waals surface area contributed by atoms with Crippen molar-refractivity contribution in [1.29, 1.82) is 0 Å². The van der Waals surface area contributed by atoms with E-state index < -0.39 is 0 Å². The molecule has 4 heterocycles. The van der Waals surface area contributed by atoms with Crippen LogP contribution in [-0.4, -0.2) is 81.3 Å². The molecular formula is C29H40N8O3. The van der Waals surface area contributed by atoms with Gasteiger partial charge in [-0.2, -0.15) is 9.97 Å². The van der Waals surface area contributed by atoms with Crippen LogP contribution in [0.2, 0.25) is 0 Å². The van der Waals surface area contributed by atoms with E-state index in [4.69, 9.17) is 9.72 Å². The van der Waals surface area contributed by atoms with Gasteiger partial charge < -0.3 is 35.3 Å². The normalized spacial score (nSPS) is 20.7. The zero-order chi connectivity index (χ0) is 27.5. The number of imidazole rings is 1. The second-order valence-corrected chi connectivity index (χ2v) is 11.3. The van der Waals surface area contributed by atoms with E-state index in [9.17, 15) is 9.90 Å². The van der Waals surface area contributed by atoms with Crippen molar-refractivity contribution in [1.82, 2.24) is 24.8 Å². The Labute approximate surface area is 234 Å². The van der Waals surface area contributed by atoms with E-state index in [-0.39, 0.29) is 24.5 Å². The van der Waals surface area contributed by atoms with Crippen LogP contribution in [0.15, 0.2) is 24.5 Å². The number of aliphatic hydroxyl groups is 1. The third kappa shape index (κ3) is 5.52. The third-order valence-electron chi connectivity index (χ3n) is 8.74. The number of piperidine rings is 1. The van der Waals surface area contributed by atoms with Crippen LogP contribution in [0.5, 0.6) is 5.75 Å². The Balaban J connectivity index is 1.13. The number of carbonyl (C=O) groups is 1. The van der Waals surface area contributed by atoms with Gasteiger partial charge in [0.15, 0.2) is 11.5 Å². The molecular weight excluding hydrogens is 508 g/mol. The number of aromatic nitrogens is 4. The van der Waals surface area contributed by atoms with Crippen LogP contribution in [0, 0.1) is 5.92 Å². The van der Waals surface area contributed by atoms with Crippen LogP contribution in [-0.2, 0) is 4.79 Å². The van der Waals surface area contributed by atoms with Gasteiger partial charge in [0.1, 0.15) is 11.3 Å². The molecule has 1 amide bonds. The molecule has 40 heavy (non-hydrogen) atoms. The maximum Gasteiger partial charge on any atom is 0.231 e. The molecule has 3 aromatic rings. The number of anilines is 4. The Morgan fingerprint density at radius 3 is 2.67 bits per heavy atom. The largest absolute Gasteiger partial charge is 0.494 e. The van der Waals surface area contributed by atoms with Crippen LogP contribution < -0.4 is 20.3 Å². The lowest BCUT2D eigenvalue weighted by Gasteiger charge is -2.36. The van der Waals surface area contributed by atoms with Gasteiger partial charge in [0, 0.05) is 43.3 Å². The predicted octanol–water partition coefficient (Wildman–Crippen LogP) is 4.05. The van der Waals surface area contributed by atoms with Gasteiger partial charge in [-0.1, -0.05) is 19.3 Å². The molecule has 4 N–H and O–H groups in total. The van der Waals surface area contributed by atoms with Crippen molar-refractivity contribution in [2.45, 2.75) is 69.9 Å². The minimum atomic E-state index is -0.00771.